The topological polar surface area (TPSA) is 172 Å². The third-order valence-electron chi connectivity index (χ3n) is 6.59. The Morgan fingerprint density at radius 3 is 2.51 bits per heavy atom. The molecule has 0 radical (unpaired) electrons. The molecule has 0 bridgehead atoms. The van der Waals surface area contributed by atoms with E-state index in [9.17, 15) is 27.9 Å². The van der Waals surface area contributed by atoms with Gasteiger partial charge in [0, 0.05) is 19.8 Å². The van der Waals surface area contributed by atoms with Crippen LogP contribution < -0.4 is 15.2 Å². The molecule has 1 atom stereocenters. The number of aromatic hydroxyl groups is 1. The van der Waals surface area contributed by atoms with Gasteiger partial charge in [-0.2, -0.15) is 0 Å². The number of hydrogen-bond acceptors (Lipinski definition) is 8. The number of rotatable bonds is 6. The number of aromatic nitrogens is 3. The predicted molar refractivity (Wildman–Crippen MR) is 140 cm³/mol. The predicted octanol–water partition coefficient (Wildman–Crippen LogP) is 1.50. The summed E-state index contributed by atoms with van der Waals surface area (Å²) >= 11 is 0. The van der Waals surface area contributed by atoms with E-state index in [1.54, 1.807) is 48.5 Å². The van der Waals surface area contributed by atoms with Crippen molar-refractivity contribution in [1.82, 2.24) is 19.9 Å². The van der Waals surface area contributed by atoms with Gasteiger partial charge in [-0.1, -0.05) is 35.9 Å². The standard InChI is InChI=1S/C26H23N5O7S/c1-14-7-9-15(10-8-14)39(37,38)31-13-18(16-5-3-4-6-19(16)31)23-27-11-17-22(34)21(25(35)28-12-20(32)33)26(36)30(2)24(17)29-23/h3-11,18,34H,12-13H2,1-2H3,(H,28,35)(H,32,33). The highest BCUT2D eigenvalue weighted by Gasteiger charge is 2.38. The Bertz CT molecular complexity index is 1820. The molecule has 4 aromatic rings. The molecule has 3 heterocycles. The average Bonchev–Trinajstić information content (AvgIpc) is 3.31. The Kier molecular flexibility index (Phi) is 6.30. The number of sulfonamides is 1. The van der Waals surface area contributed by atoms with Crippen LogP contribution in [0.4, 0.5) is 5.69 Å². The summed E-state index contributed by atoms with van der Waals surface area (Å²) in [6.45, 7) is 1.14. The van der Waals surface area contributed by atoms with E-state index in [1.165, 1.54) is 17.5 Å². The van der Waals surface area contributed by atoms with Gasteiger partial charge in [0.1, 0.15) is 29.3 Å². The number of pyridine rings is 1. The summed E-state index contributed by atoms with van der Waals surface area (Å²) in [7, 11) is -2.55. The van der Waals surface area contributed by atoms with Gasteiger partial charge in [-0.25, -0.2) is 18.4 Å². The van der Waals surface area contributed by atoms with E-state index in [0.717, 1.165) is 10.1 Å². The smallest absolute Gasteiger partial charge is 0.322 e. The fraction of sp³-hybridized carbons (Fsp3) is 0.192. The van der Waals surface area contributed by atoms with Gasteiger partial charge < -0.3 is 15.5 Å². The second-order valence-electron chi connectivity index (χ2n) is 9.09. The van der Waals surface area contributed by atoms with Crippen LogP contribution in [0.2, 0.25) is 0 Å². The lowest BCUT2D eigenvalue weighted by Crippen LogP contribution is -2.35. The zero-order chi connectivity index (χ0) is 28.1. The SMILES string of the molecule is Cc1ccc(S(=O)(=O)N2CC(c3ncc4c(O)c(C(=O)NCC(=O)O)c(=O)n(C)c4n3)c3ccccc32)cc1. The number of para-hydroxylation sites is 1. The minimum atomic E-state index is -3.90. The van der Waals surface area contributed by atoms with Crippen LogP contribution in [0.25, 0.3) is 11.0 Å². The molecule has 12 nitrogen and oxygen atoms in total. The molecule has 0 aliphatic carbocycles. The summed E-state index contributed by atoms with van der Waals surface area (Å²) < 4.78 is 29.5. The molecule has 39 heavy (non-hydrogen) atoms. The van der Waals surface area contributed by atoms with Crippen LogP contribution in [0.15, 0.2) is 64.4 Å². The number of nitrogens with one attached hydrogen (secondary N) is 1. The lowest BCUT2D eigenvalue weighted by Gasteiger charge is -2.20. The summed E-state index contributed by atoms with van der Waals surface area (Å²) in [5.74, 6) is -3.42. The molecule has 0 fully saturated rings. The lowest BCUT2D eigenvalue weighted by atomic mass is 10.0. The summed E-state index contributed by atoms with van der Waals surface area (Å²) in [6, 6.07) is 13.5. The van der Waals surface area contributed by atoms with Crippen LogP contribution in [0.5, 0.6) is 5.75 Å². The van der Waals surface area contributed by atoms with Gasteiger partial charge in [0.05, 0.1) is 21.9 Å². The number of carbonyl (C=O) groups is 2. The van der Waals surface area contributed by atoms with Crippen LogP contribution in [0.1, 0.15) is 33.2 Å². The van der Waals surface area contributed by atoms with Crippen molar-refractivity contribution < 1.29 is 28.2 Å². The highest BCUT2D eigenvalue weighted by Crippen LogP contribution is 2.42. The van der Waals surface area contributed by atoms with Gasteiger partial charge >= 0.3 is 5.97 Å². The van der Waals surface area contributed by atoms with E-state index in [-0.39, 0.29) is 28.3 Å². The Hall–Kier alpha value is -4.78. The molecule has 3 N–H and O–H groups in total. The first kappa shape index (κ1) is 25.9. The Balaban J connectivity index is 1.58. The van der Waals surface area contributed by atoms with Gasteiger partial charge in [-0.15, -0.1) is 0 Å². The molecular weight excluding hydrogens is 526 g/mol. The van der Waals surface area contributed by atoms with Crippen molar-refractivity contribution in [2.24, 2.45) is 7.05 Å². The molecule has 0 saturated heterocycles. The van der Waals surface area contributed by atoms with E-state index < -0.39 is 51.2 Å². The van der Waals surface area contributed by atoms with Crippen LogP contribution in [-0.4, -0.2) is 58.1 Å². The first-order chi connectivity index (χ1) is 18.5. The molecular formula is C26H23N5O7S. The molecule has 0 spiro atoms. The van der Waals surface area contributed by atoms with Gasteiger partial charge in [0.25, 0.3) is 21.5 Å². The fourth-order valence-corrected chi connectivity index (χ4v) is 6.09. The van der Waals surface area contributed by atoms with E-state index in [4.69, 9.17) is 5.11 Å². The number of anilines is 1. The van der Waals surface area contributed by atoms with Crippen molar-refractivity contribution in [1.29, 1.82) is 0 Å². The Morgan fingerprint density at radius 1 is 1.13 bits per heavy atom. The van der Waals surface area contributed by atoms with Crippen LogP contribution in [0.3, 0.4) is 0 Å². The van der Waals surface area contributed by atoms with E-state index in [1.807, 2.05) is 6.92 Å². The van der Waals surface area contributed by atoms with Crippen molar-refractivity contribution in [3.8, 4) is 5.75 Å². The molecule has 200 valence electrons. The van der Waals surface area contributed by atoms with E-state index in [2.05, 4.69) is 15.3 Å². The third kappa shape index (κ3) is 4.36. The number of nitrogens with zero attached hydrogens (tertiary/aromatic N) is 4. The summed E-state index contributed by atoms with van der Waals surface area (Å²) in [5, 5.41) is 21.6. The Morgan fingerprint density at radius 2 is 1.82 bits per heavy atom. The quantitative estimate of drug-likeness (QED) is 0.322. The molecule has 1 unspecified atom stereocenters. The summed E-state index contributed by atoms with van der Waals surface area (Å²) in [4.78, 5) is 45.1. The molecule has 1 aliphatic heterocycles. The zero-order valence-corrected chi connectivity index (χ0v) is 21.6. The van der Waals surface area contributed by atoms with E-state index in [0.29, 0.717) is 11.3 Å². The highest BCUT2D eigenvalue weighted by molar-refractivity contribution is 7.92. The number of fused-ring (bicyclic) bond motifs is 2. The summed E-state index contributed by atoms with van der Waals surface area (Å²) in [5.41, 5.74) is 0.580. The zero-order valence-electron chi connectivity index (χ0n) is 20.8. The van der Waals surface area contributed by atoms with Crippen molar-refractivity contribution in [2.75, 3.05) is 17.4 Å². The Labute approximate surface area is 222 Å². The lowest BCUT2D eigenvalue weighted by molar-refractivity contribution is -0.135. The number of carbonyl (C=O) groups excluding carboxylic acids is 1. The number of carboxylic acids is 1. The van der Waals surface area contributed by atoms with Gasteiger partial charge in [0.15, 0.2) is 0 Å². The number of hydrogen-bond donors (Lipinski definition) is 3. The maximum atomic E-state index is 13.6. The van der Waals surface area contributed by atoms with Crippen LogP contribution in [0, 0.1) is 6.92 Å². The van der Waals surface area contributed by atoms with Gasteiger partial charge in [0.2, 0.25) is 0 Å². The van der Waals surface area contributed by atoms with Crippen molar-refractivity contribution in [3.63, 3.8) is 0 Å². The van der Waals surface area contributed by atoms with Crippen molar-refractivity contribution >= 4 is 38.6 Å². The first-order valence-electron chi connectivity index (χ1n) is 11.8. The number of carboxylic acid groups (broad SMARTS) is 1. The number of aryl methyl sites for hydroxylation is 2. The third-order valence-corrected chi connectivity index (χ3v) is 8.39. The molecule has 2 aromatic carbocycles. The average molecular weight is 550 g/mol. The largest absolute Gasteiger partial charge is 0.506 e. The number of benzene rings is 2. The highest BCUT2D eigenvalue weighted by atomic mass is 32.2. The minimum absolute atomic E-state index is 0.00302. The second kappa shape index (κ2) is 9.51. The molecule has 5 rings (SSSR count). The number of amides is 1. The number of aliphatic carboxylic acids is 1. The monoisotopic (exact) mass is 549 g/mol. The molecule has 1 aliphatic rings. The van der Waals surface area contributed by atoms with E-state index >= 15 is 0 Å². The van der Waals surface area contributed by atoms with Crippen molar-refractivity contribution in [3.05, 3.63) is 87.6 Å². The maximum Gasteiger partial charge on any atom is 0.322 e. The maximum absolute atomic E-state index is 13.6. The molecule has 1 amide bonds. The van der Waals surface area contributed by atoms with Crippen LogP contribution >= 0.6 is 0 Å². The normalized spacial score (nSPS) is 14.8. The molecule has 13 heteroatoms. The molecule has 0 saturated carbocycles. The first-order valence-corrected chi connectivity index (χ1v) is 13.2. The minimum Gasteiger partial charge on any atom is -0.506 e. The van der Waals surface area contributed by atoms with Crippen molar-refractivity contribution in [2.45, 2.75) is 17.7 Å². The molecule has 2 aromatic heterocycles. The van der Waals surface area contributed by atoms with Gasteiger partial charge in [-0.05, 0) is 30.7 Å². The van der Waals surface area contributed by atoms with Crippen LogP contribution in [-0.2, 0) is 21.9 Å². The second-order valence-corrected chi connectivity index (χ2v) is 11.0. The summed E-state index contributed by atoms with van der Waals surface area (Å²) in [6.07, 6.45) is 1.25. The van der Waals surface area contributed by atoms with Gasteiger partial charge in [-0.3, -0.25) is 23.3 Å². The fourth-order valence-electron chi connectivity index (χ4n) is 4.58.